The van der Waals surface area contributed by atoms with Gasteiger partial charge in [0.05, 0.1) is 5.56 Å². The molecule has 0 bridgehead atoms. The molecule has 1 unspecified atom stereocenters. The zero-order chi connectivity index (χ0) is 18.8. The number of phenols is 2. The first-order valence-electron chi connectivity index (χ1n) is 7.31. The molecule has 136 valence electrons. The van der Waals surface area contributed by atoms with Gasteiger partial charge >= 0.3 is 6.80 Å². The van der Waals surface area contributed by atoms with Gasteiger partial charge in [-0.2, -0.15) is 0 Å². The molecular weight excluding hydrogens is 367 g/mol. The second-order valence-corrected chi connectivity index (χ2v) is 9.32. The van der Waals surface area contributed by atoms with Crippen LogP contribution >= 0.6 is 18.2 Å². The van der Waals surface area contributed by atoms with Gasteiger partial charge in [0.1, 0.15) is 11.5 Å². The second-order valence-electron chi connectivity index (χ2n) is 5.75. The maximum Gasteiger partial charge on any atom is 0.388 e. The van der Waals surface area contributed by atoms with Crippen LogP contribution in [0, 0.1) is 0 Å². The lowest BCUT2D eigenvalue weighted by Crippen LogP contribution is -2.28. The third kappa shape index (κ3) is 5.22. The molecule has 0 heterocycles. The van der Waals surface area contributed by atoms with Crippen molar-refractivity contribution in [1.29, 1.82) is 0 Å². The highest BCUT2D eigenvalue weighted by Gasteiger charge is 2.35. The lowest BCUT2D eigenvalue weighted by atomic mass is 9.89. The number of hydrogen-bond donors (Lipinski definition) is 6. The van der Waals surface area contributed by atoms with E-state index in [2.05, 4.69) is 0 Å². The molecule has 0 aliphatic rings. The van der Waals surface area contributed by atoms with Gasteiger partial charge in [0.15, 0.2) is 5.79 Å². The molecule has 6 N–H and O–H groups in total. The first-order chi connectivity index (χ1) is 11.5. The Morgan fingerprint density at radius 2 is 1.68 bits per heavy atom. The number of benzene rings is 2. The summed E-state index contributed by atoms with van der Waals surface area (Å²) in [6.45, 7) is -2.82. The Bertz CT molecular complexity index is 786. The van der Waals surface area contributed by atoms with Crippen LogP contribution in [0.15, 0.2) is 47.4 Å². The van der Waals surface area contributed by atoms with Crippen LogP contribution in [0.4, 0.5) is 0 Å². The zero-order valence-electron chi connectivity index (χ0n) is 13.3. The summed E-state index contributed by atoms with van der Waals surface area (Å²) >= 11 is 0.147. The van der Waals surface area contributed by atoms with Crippen molar-refractivity contribution >= 4 is 18.2 Å². The van der Waals surface area contributed by atoms with Crippen LogP contribution in [0.5, 0.6) is 11.5 Å². The molecule has 7 nitrogen and oxygen atoms in total. The van der Waals surface area contributed by atoms with E-state index in [9.17, 15) is 25.0 Å². The number of aromatic hydroxyl groups is 2. The summed E-state index contributed by atoms with van der Waals surface area (Å²) in [5.41, 5.74) is 0.374. The van der Waals surface area contributed by atoms with Crippen LogP contribution < -0.4 is 0 Å². The molecule has 1 atom stereocenters. The Morgan fingerprint density at radius 3 is 2.24 bits per heavy atom. The molecule has 0 aliphatic heterocycles. The number of phenolic OH excluding ortho intramolecular Hbond substituents is 2. The largest absolute Gasteiger partial charge is 0.508 e. The molecule has 2 rings (SSSR count). The predicted molar refractivity (Wildman–Crippen MR) is 93.3 cm³/mol. The summed E-state index contributed by atoms with van der Waals surface area (Å²) in [6, 6.07) is 10.1. The lowest BCUT2D eigenvalue weighted by molar-refractivity contribution is -0.180. The second kappa shape index (κ2) is 7.37. The van der Waals surface area contributed by atoms with Gasteiger partial charge in [-0.25, -0.2) is 4.57 Å². The molecule has 0 aliphatic carbocycles. The first-order valence-corrected chi connectivity index (χ1v) is 10.3. The maximum atomic E-state index is 11.3. The minimum absolute atomic E-state index is 0.0799. The number of rotatable bonds is 6. The van der Waals surface area contributed by atoms with Gasteiger partial charge in [0, 0.05) is 11.3 Å². The molecular formula is C16H19O7PS. The molecule has 0 spiro atoms. The maximum absolute atomic E-state index is 11.3. The molecule has 0 amide bonds. The molecule has 0 saturated heterocycles. The molecule has 9 heteroatoms. The fraction of sp³-hybridized carbons (Fsp3) is 0.250. The third-order valence-electron chi connectivity index (χ3n) is 3.67. The van der Waals surface area contributed by atoms with Crippen molar-refractivity contribution in [3.8, 4) is 11.5 Å². The molecule has 2 aromatic rings. The number of hydrogen-bond acceptors (Lipinski definition) is 6. The average molecular weight is 386 g/mol. The number of aliphatic hydroxyl groups is 2. The Morgan fingerprint density at radius 1 is 1.08 bits per heavy atom. The molecule has 2 aromatic carbocycles. The van der Waals surface area contributed by atoms with Gasteiger partial charge in [0.2, 0.25) is 0 Å². The smallest absolute Gasteiger partial charge is 0.388 e. The van der Waals surface area contributed by atoms with E-state index in [-0.39, 0.29) is 39.9 Å². The van der Waals surface area contributed by atoms with Crippen LogP contribution in [0.2, 0.25) is 0 Å². The van der Waals surface area contributed by atoms with Crippen molar-refractivity contribution in [1.82, 2.24) is 0 Å². The highest BCUT2D eigenvalue weighted by Crippen LogP contribution is 2.57. The topological polar surface area (TPSA) is 138 Å². The minimum atomic E-state index is -4.55. The summed E-state index contributed by atoms with van der Waals surface area (Å²) < 4.78 is 11.3. The fourth-order valence-corrected chi connectivity index (χ4v) is 4.56. The van der Waals surface area contributed by atoms with Crippen LogP contribution in [-0.2, 0) is 10.4 Å². The van der Waals surface area contributed by atoms with Crippen LogP contribution in [-0.4, -0.2) is 30.2 Å². The standard InChI is InChI=1S/C16H19O7PS/c1-10(11-5-7-12(17)8-6-11)9-16(19,20)15-13(18)3-2-4-14(15)25-24(21,22)23/h2-8,10,17-20H,9H2,1H3,(H2,21,22,23). The van der Waals surface area contributed by atoms with Crippen molar-refractivity contribution in [3.05, 3.63) is 53.6 Å². The van der Waals surface area contributed by atoms with E-state index in [1.807, 2.05) is 0 Å². The van der Waals surface area contributed by atoms with Gasteiger partial charge in [-0.3, -0.25) is 0 Å². The summed E-state index contributed by atoms with van der Waals surface area (Å²) in [5.74, 6) is -3.28. The fourth-order valence-electron chi connectivity index (χ4n) is 2.58. The van der Waals surface area contributed by atoms with Gasteiger partial charge in [-0.15, -0.1) is 0 Å². The third-order valence-corrected chi connectivity index (χ3v) is 5.75. The van der Waals surface area contributed by atoms with Crippen LogP contribution in [0.1, 0.15) is 30.4 Å². The van der Waals surface area contributed by atoms with Gasteiger partial charge < -0.3 is 30.2 Å². The molecule has 0 radical (unpaired) electrons. The van der Waals surface area contributed by atoms with Crippen molar-refractivity contribution in [3.63, 3.8) is 0 Å². The molecule has 0 saturated carbocycles. The van der Waals surface area contributed by atoms with Crippen LogP contribution in [0.3, 0.4) is 0 Å². The van der Waals surface area contributed by atoms with E-state index in [1.165, 1.54) is 30.3 Å². The van der Waals surface area contributed by atoms with E-state index in [0.29, 0.717) is 0 Å². The Kier molecular flexibility index (Phi) is 5.83. The minimum Gasteiger partial charge on any atom is -0.508 e. The SMILES string of the molecule is CC(CC(O)(O)c1c(O)cccc1SP(=O)(O)O)c1ccc(O)cc1. The highest BCUT2D eigenvalue weighted by atomic mass is 32.7. The Labute approximate surface area is 148 Å². The van der Waals surface area contributed by atoms with Gasteiger partial charge in [-0.1, -0.05) is 25.1 Å². The summed E-state index contributed by atoms with van der Waals surface area (Å²) in [4.78, 5) is 18.2. The highest BCUT2D eigenvalue weighted by molar-refractivity contribution is 8.54. The molecule has 0 fully saturated rings. The van der Waals surface area contributed by atoms with E-state index < -0.39 is 18.3 Å². The van der Waals surface area contributed by atoms with E-state index in [0.717, 1.165) is 5.56 Å². The van der Waals surface area contributed by atoms with Gasteiger partial charge in [-0.05, 0) is 47.1 Å². The summed E-state index contributed by atoms with van der Waals surface area (Å²) in [7, 11) is 0. The van der Waals surface area contributed by atoms with Gasteiger partial charge in [0.25, 0.3) is 0 Å². The van der Waals surface area contributed by atoms with Crippen molar-refractivity contribution in [2.45, 2.75) is 29.9 Å². The first kappa shape index (κ1) is 19.8. The van der Waals surface area contributed by atoms with Crippen molar-refractivity contribution in [2.24, 2.45) is 0 Å². The Balaban J connectivity index is 2.35. The van der Waals surface area contributed by atoms with E-state index in [4.69, 9.17) is 9.79 Å². The van der Waals surface area contributed by atoms with Crippen LogP contribution in [0.25, 0.3) is 0 Å². The molecule has 25 heavy (non-hydrogen) atoms. The molecule has 0 aromatic heterocycles. The van der Waals surface area contributed by atoms with Crippen molar-refractivity contribution < 1.29 is 34.8 Å². The zero-order valence-corrected chi connectivity index (χ0v) is 15.0. The quantitative estimate of drug-likeness (QED) is 0.329. The average Bonchev–Trinajstić information content (AvgIpc) is 2.45. The summed E-state index contributed by atoms with van der Waals surface area (Å²) in [6.07, 6.45) is -0.232. The predicted octanol–water partition coefficient (Wildman–Crippen LogP) is 2.61. The van der Waals surface area contributed by atoms with E-state index >= 15 is 0 Å². The van der Waals surface area contributed by atoms with Crippen molar-refractivity contribution in [2.75, 3.05) is 0 Å². The summed E-state index contributed by atoms with van der Waals surface area (Å²) in [5, 5.41) is 40.4. The lowest BCUT2D eigenvalue weighted by Gasteiger charge is -2.28. The van der Waals surface area contributed by atoms with E-state index in [1.54, 1.807) is 19.1 Å². The monoisotopic (exact) mass is 386 g/mol. The Hall–Kier alpha value is -1.54. The normalized spacial score (nSPS) is 13.6.